The first kappa shape index (κ1) is 17.7. The number of rotatable bonds is 9. The zero-order valence-corrected chi connectivity index (χ0v) is 14.8. The van der Waals surface area contributed by atoms with Crippen LogP contribution in [0.25, 0.3) is 0 Å². The van der Waals surface area contributed by atoms with Crippen LogP contribution in [-0.2, 0) is 5.75 Å². The van der Waals surface area contributed by atoms with Gasteiger partial charge in [0.1, 0.15) is 11.5 Å². The highest BCUT2D eigenvalue weighted by molar-refractivity contribution is 7.98. The molecular formula is C17H22N2O2S2. The van der Waals surface area contributed by atoms with Crippen molar-refractivity contribution in [2.75, 3.05) is 24.2 Å². The summed E-state index contributed by atoms with van der Waals surface area (Å²) in [4.78, 5) is 0. The van der Waals surface area contributed by atoms with E-state index < -0.39 is 0 Å². The average Bonchev–Trinajstić information content (AvgIpc) is 3.05. The minimum atomic E-state index is 0.634. The van der Waals surface area contributed by atoms with Crippen LogP contribution in [-0.4, -0.2) is 24.0 Å². The second-order valence-electron chi connectivity index (χ2n) is 4.83. The molecule has 2 rings (SSSR count). The van der Waals surface area contributed by atoms with Crippen molar-refractivity contribution in [1.29, 1.82) is 0 Å². The van der Waals surface area contributed by atoms with Gasteiger partial charge in [-0.25, -0.2) is 0 Å². The second-order valence-corrected chi connectivity index (χ2v) is 6.34. The third-order valence-electron chi connectivity index (χ3n) is 2.98. The molecule has 0 aliphatic heterocycles. The Morgan fingerprint density at radius 1 is 1.30 bits per heavy atom. The van der Waals surface area contributed by atoms with Crippen molar-refractivity contribution in [2.24, 2.45) is 0 Å². The summed E-state index contributed by atoms with van der Waals surface area (Å²) in [5.41, 5.74) is 0.931. The average molecular weight is 351 g/mol. The molecule has 0 unspecified atom stereocenters. The highest BCUT2D eigenvalue weighted by atomic mass is 32.2. The Labute approximate surface area is 147 Å². The molecule has 0 atom stereocenters. The quantitative estimate of drug-likeness (QED) is 0.520. The van der Waals surface area contributed by atoms with Gasteiger partial charge in [0.2, 0.25) is 0 Å². The zero-order valence-electron chi connectivity index (χ0n) is 13.2. The lowest BCUT2D eigenvalue weighted by Crippen LogP contribution is -2.29. The van der Waals surface area contributed by atoms with Crippen LogP contribution < -0.4 is 15.4 Å². The molecule has 0 aliphatic carbocycles. The van der Waals surface area contributed by atoms with Crippen LogP contribution in [0.5, 0.6) is 5.75 Å². The maximum atomic E-state index is 5.47. The first-order valence-electron chi connectivity index (χ1n) is 7.66. The van der Waals surface area contributed by atoms with Crippen molar-refractivity contribution in [3.63, 3.8) is 0 Å². The van der Waals surface area contributed by atoms with Gasteiger partial charge in [0.15, 0.2) is 5.11 Å². The number of thioether (sulfide) groups is 1. The predicted molar refractivity (Wildman–Crippen MR) is 101 cm³/mol. The topological polar surface area (TPSA) is 46.4 Å². The van der Waals surface area contributed by atoms with Crippen molar-refractivity contribution in [3.05, 3.63) is 48.4 Å². The monoisotopic (exact) mass is 350 g/mol. The van der Waals surface area contributed by atoms with Gasteiger partial charge in [0.05, 0.1) is 18.6 Å². The van der Waals surface area contributed by atoms with E-state index in [4.69, 9.17) is 21.4 Å². The van der Waals surface area contributed by atoms with Crippen molar-refractivity contribution in [2.45, 2.75) is 19.1 Å². The highest BCUT2D eigenvalue weighted by Crippen LogP contribution is 2.17. The highest BCUT2D eigenvalue weighted by Gasteiger charge is 2.00. The van der Waals surface area contributed by atoms with Gasteiger partial charge < -0.3 is 19.8 Å². The fourth-order valence-corrected chi connectivity index (χ4v) is 3.03. The molecule has 0 aliphatic rings. The normalized spacial score (nSPS) is 10.3. The zero-order chi connectivity index (χ0) is 16.3. The van der Waals surface area contributed by atoms with Crippen LogP contribution in [0, 0.1) is 0 Å². The largest absolute Gasteiger partial charge is 0.494 e. The number of hydrogen-bond acceptors (Lipinski definition) is 4. The smallest absolute Gasteiger partial charge is 0.170 e. The van der Waals surface area contributed by atoms with Crippen LogP contribution in [0.4, 0.5) is 5.69 Å². The maximum Gasteiger partial charge on any atom is 0.170 e. The van der Waals surface area contributed by atoms with Crippen LogP contribution >= 0.6 is 24.0 Å². The summed E-state index contributed by atoms with van der Waals surface area (Å²) in [7, 11) is 0. The summed E-state index contributed by atoms with van der Waals surface area (Å²) in [6.07, 6.45) is 2.76. The summed E-state index contributed by atoms with van der Waals surface area (Å²) < 4.78 is 10.8. The van der Waals surface area contributed by atoms with E-state index in [2.05, 4.69) is 10.6 Å². The maximum absolute atomic E-state index is 5.47. The SMILES string of the molecule is CCOc1cccc(NC(=S)NCCCSCc2ccco2)c1. The standard InChI is InChI=1S/C17H22N2O2S2/c1-2-20-15-7-3-6-14(12-15)19-17(22)18-9-5-11-23-13-16-8-4-10-21-16/h3-4,6-8,10,12H,2,5,9,11,13H2,1H3,(H2,18,19,22). The third kappa shape index (κ3) is 6.97. The molecule has 6 heteroatoms. The Morgan fingerprint density at radius 3 is 3.00 bits per heavy atom. The van der Waals surface area contributed by atoms with Crippen molar-refractivity contribution in [3.8, 4) is 5.75 Å². The molecule has 0 saturated heterocycles. The number of thiocarbonyl (C=S) groups is 1. The van der Waals surface area contributed by atoms with Crippen molar-refractivity contribution < 1.29 is 9.15 Å². The minimum Gasteiger partial charge on any atom is -0.494 e. The number of furan rings is 1. The van der Waals surface area contributed by atoms with E-state index in [-0.39, 0.29) is 0 Å². The van der Waals surface area contributed by atoms with Gasteiger partial charge in [-0.1, -0.05) is 6.07 Å². The van der Waals surface area contributed by atoms with E-state index in [9.17, 15) is 0 Å². The van der Waals surface area contributed by atoms with Gasteiger partial charge in [0, 0.05) is 18.3 Å². The summed E-state index contributed by atoms with van der Waals surface area (Å²) in [5, 5.41) is 7.03. The molecule has 0 radical (unpaired) electrons. The Hall–Kier alpha value is -1.66. The van der Waals surface area contributed by atoms with Crippen LogP contribution in [0.2, 0.25) is 0 Å². The molecule has 0 spiro atoms. The molecule has 1 aromatic carbocycles. The summed E-state index contributed by atoms with van der Waals surface area (Å²) in [6, 6.07) is 11.7. The van der Waals surface area contributed by atoms with Crippen molar-refractivity contribution in [1.82, 2.24) is 5.32 Å². The van der Waals surface area contributed by atoms with Gasteiger partial charge in [-0.15, -0.1) is 0 Å². The van der Waals surface area contributed by atoms with Gasteiger partial charge in [0.25, 0.3) is 0 Å². The fourth-order valence-electron chi connectivity index (χ4n) is 1.95. The third-order valence-corrected chi connectivity index (χ3v) is 4.29. The molecule has 0 amide bonds. The van der Waals surface area contributed by atoms with E-state index in [0.29, 0.717) is 11.7 Å². The number of benzene rings is 1. The summed E-state index contributed by atoms with van der Waals surface area (Å²) in [6.45, 7) is 3.47. The number of nitrogens with one attached hydrogen (secondary N) is 2. The molecular weight excluding hydrogens is 328 g/mol. The van der Waals surface area contributed by atoms with E-state index in [1.165, 1.54) is 0 Å². The Bertz CT molecular complexity index is 588. The van der Waals surface area contributed by atoms with E-state index in [1.54, 1.807) is 6.26 Å². The molecule has 4 nitrogen and oxygen atoms in total. The lowest BCUT2D eigenvalue weighted by molar-refractivity contribution is 0.340. The summed E-state index contributed by atoms with van der Waals surface area (Å²) in [5.74, 6) is 3.85. The Balaban J connectivity index is 1.58. The van der Waals surface area contributed by atoms with E-state index in [0.717, 1.165) is 41.7 Å². The van der Waals surface area contributed by atoms with Crippen LogP contribution in [0.3, 0.4) is 0 Å². The van der Waals surface area contributed by atoms with E-state index >= 15 is 0 Å². The number of ether oxygens (including phenoxy) is 1. The van der Waals surface area contributed by atoms with Gasteiger partial charge >= 0.3 is 0 Å². The first-order valence-corrected chi connectivity index (χ1v) is 9.22. The molecule has 0 fully saturated rings. The molecule has 0 bridgehead atoms. The molecule has 0 saturated carbocycles. The van der Waals surface area contributed by atoms with Gasteiger partial charge in [-0.05, 0) is 55.6 Å². The lowest BCUT2D eigenvalue weighted by Gasteiger charge is -2.11. The molecule has 124 valence electrons. The second kappa shape index (κ2) is 10.2. The number of anilines is 1. The first-order chi connectivity index (χ1) is 11.3. The Morgan fingerprint density at radius 2 is 2.22 bits per heavy atom. The molecule has 2 N–H and O–H groups in total. The van der Waals surface area contributed by atoms with E-state index in [1.807, 2.05) is 55.1 Å². The number of hydrogen-bond donors (Lipinski definition) is 2. The molecule has 1 aromatic heterocycles. The van der Waals surface area contributed by atoms with Gasteiger partial charge in [-0.3, -0.25) is 0 Å². The molecule has 1 heterocycles. The minimum absolute atomic E-state index is 0.634. The van der Waals surface area contributed by atoms with Gasteiger partial charge in [-0.2, -0.15) is 11.8 Å². The predicted octanol–water partition coefficient (Wildman–Crippen LogP) is 4.29. The fraction of sp³-hybridized carbons (Fsp3) is 0.353. The summed E-state index contributed by atoms with van der Waals surface area (Å²) >= 11 is 7.16. The Kier molecular flexibility index (Phi) is 7.83. The van der Waals surface area contributed by atoms with Crippen molar-refractivity contribution >= 4 is 34.8 Å². The molecule has 2 aromatic rings. The molecule has 23 heavy (non-hydrogen) atoms. The lowest BCUT2D eigenvalue weighted by atomic mass is 10.3. The van der Waals surface area contributed by atoms with Crippen LogP contribution in [0.1, 0.15) is 19.1 Å². The van der Waals surface area contributed by atoms with Crippen LogP contribution in [0.15, 0.2) is 47.1 Å².